The lowest BCUT2D eigenvalue weighted by Gasteiger charge is -2.37. The highest BCUT2D eigenvalue weighted by molar-refractivity contribution is 5.26. The van der Waals surface area contributed by atoms with Crippen molar-refractivity contribution in [1.29, 1.82) is 0 Å². The van der Waals surface area contributed by atoms with Gasteiger partial charge in [0.25, 0.3) is 0 Å². The molecule has 2 saturated carbocycles. The van der Waals surface area contributed by atoms with E-state index in [1.165, 1.54) is 18.9 Å². The van der Waals surface area contributed by atoms with Gasteiger partial charge in [-0.25, -0.2) is 13.2 Å². The van der Waals surface area contributed by atoms with Gasteiger partial charge >= 0.3 is 0 Å². The fraction of sp³-hybridized carbons (Fsp3) is 0.571. The van der Waals surface area contributed by atoms with Crippen LogP contribution >= 0.6 is 0 Å². The Labute approximate surface area is 104 Å². The van der Waals surface area contributed by atoms with Crippen molar-refractivity contribution in [3.8, 4) is 0 Å². The molecule has 4 heteroatoms. The molecule has 2 fully saturated rings. The molecule has 2 aliphatic carbocycles. The van der Waals surface area contributed by atoms with Crippen LogP contribution in [0.4, 0.5) is 13.2 Å². The highest BCUT2D eigenvalue weighted by Crippen LogP contribution is 2.43. The molecule has 1 N–H and O–H groups in total. The minimum atomic E-state index is -1.34. The molecule has 2 aliphatic rings. The van der Waals surface area contributed by atoms with Gasteiger partial charge in [0.1, 0.15) is 0 Å². The second kappa shape index (κ2) is 4.57. The van der Waals surface area contributed by atoms with Crippen molar-refractivity contribution in [1.82, 2.24) is 5.32 Å². The van der Waals surface area contributed by atoms with Gasteiger partial charge in [0.05, 0.1) is 0 Å². The maximum Gasteiger partial charge on any atom is 0.194 e. The highest BCUT2D eigenvalue weighted by atomic mass is 19.2. The van der Waals surface area contributed by atoms with Gasteiger partial charge in [-0.2, -0.15) is 0 Å². The highest BCUT2D eigenvalue weighted by Gasteiger charge is 2.35. The summed E-state index contributed by atoms with van der Waals surface area (Å²) >= 11 is 0. The normalized spacial score (nSPS) is 27.1. The molecule has 0 spiro atoms. The summed E-state index contributed by atoms with van der Waals surface area (Å²) in [7, 11) is 0. The van der Waals surface area contributed by atoms with Crippen molar-refractivity contribution < 1.29 is 13.2 Å². The van der Waals surface area contributed by atoms with Crippen molar-refractivity contribution >= 4 is 0 Å². The standard InChI is InChI=1S/C14H16F3N/c15-12-6-5-11(13(16)14(12)17)10-4-1-8(10)7-18-9-2-3-9/h5-6,8-10,18H,1-4,7H2. The largest absolute Gasteiger partial charge is 0.314 e. The Hall–Kier alpha value is -1.03. The van der Waals surface area contributed by atoms with E-state index in [1.54, 1.807) is 0 Å². The monoisotopic (exact) mass is 255 g/mol. The first-order valence-corrected chi connectivity index (χ1v) is 6.53. The molecule has 0 heterocycles. The van der Waals surface area contributed by atoms with Crippen LogP contribution < -0.4 is 5.32 Å². The molecule has 0 radical (unpaired) electrons. The summed E-state index contributed by atoms with van der Waals surface area (Å²) in [6.07, 6.45) is 4.33. The number of nitrogens with one attached hydrogen (secondary N) is 1. The molecular formula is C14H16F3N. The van der Waals surface area contributed by atoms with E-state index in [2.05, 4.69) is 5.32 Å². The van der Waals surface area contributed by atoms with Crippen molar-refractivity contribution in [3.63, 3.8) is 0 Å². The molecule has 0 amide bonds. The zero-order valence-electron chi connectivity index (χ0n) is 10.1. The lowest BCUT2D eigenvalue weighted by molar-refractivity contribution is 0.237. The average molecular weight is 255 g/mol. The smallest absolute Gasteiger partial charge is 0.194 e. The lowest BCUT2D eigenvalue weighted by atomic mass is 9.69. The van der Waals surface area contributed by atoms with Gasteiger partial charge in [0.15, 0.2) is 17.5 Å². The Kier molecular flexibility index (Phi) is 3.06. The van der Waals surface area contributed by atoms with E-state index in [0.29, 0.717) is 17.5 Å². The molecule has 3 rings (SSSR count). The Morgan fingerprint density at radius 1 is 1.00 bits per heavy atom. The average Bonchev–Trinajstić information content (AvgIpc) is 3.12. The van der Waals surface area contributed by atoms with E-state index in [1.807, 2.05) is 0 Å². The molecule has 0 aliphatic heterocycles. The van der Waals surface area contributed by atoms with Gasteiger partial charge in [0, 0.05) is 6.04 Å². The first-order chi connectivity index (χ1) is 8.66. The fourth-order valence-corrected chi connectivity index (χ4v) is 2.66. The fourth-order valence-electron chi connectivity index (χ4n) is 2.66. The van der Waals surface area contributed by atoms with Gasteiger partial charge in [-0.15, -0.1) is 0 Å². The van der Waals surface area contributed by atoms with Gasteiger partial charge in [-0.3, -0.25) is 0 Å². The van der Waals surface area contributed by atoms with Crippen LogP contribution in [0.2, 0.25) is 0 Å². The summed E-state index contributed by atoms with van der Waals surface area (Å²) in [5, 5.41) is 3.41. The minimum absolute atomic E-state index is 0.0337. The predicted molar refractivity (Wildman–Crippen MR) is 62.8 cm³/mol. The van der Waals surface area contributed by atoms with E-state index in [-0.39, 0.29) is 5.92 Å². The Morgan fingerprint density at radius 2 is 1.78 bits per heavy atom. The molecule has 18 heavy (non-hydrogen) atoms. The van der Waals surface area contributed by atoms with Crippen LogP contribution in [0.25, 0.3) is 0 Å². The first kappa shape index (κ1) is 12.0. The van der Waals surface area contributed by atoms with Crippen LogP contribution in [-0.2, 0) is 0 Å². The summed E-state index contributed by atoms with van der Waals surface area (Å²) < 4.78 is 39.8. The Morgan fingerprint density at radius 3 is 2.39 bits per heavy atom. The van der Waals surface area contributed by atoms with Gasteiger partial charge in [-0.05, 0) is 55.7 Å². The second-order valence-corrected chi connectivity index (χ2v) is 5.39. The molecule has 2 atom stereocenters. The van der Waals surface area contributed by atoms with E-state index in [4.69, 9.17) is 0 Å². The molecule has 1 aromatic rings. The van der Waals surface area contributed by atoms with Crippen molar-refractivity contribution in [2.24, 2.45) is 5.92 Å². The third kappa shape index (κ3) is 2.14. The molecule has 0 aromatic heterocycles. The Bertz CT molecular complexity index is 457. The number of hydrogen-bond donors (Lipinski definition) is 1. The molecule has 98 valence electrons. The van der Waals surface area contributed by atoms with Crippen LogP contribution in [-0.4, -0.2) is 12.6 Å². The summed E-state index contributed by atoms with van der Waals surface area (Å²) in [4.78, 5) is 0. The Balaban J connectivity index is 1.71. The maximum absolute atomic E-state index is 13.7. The minimum Gasteiger partial charge on any atom is -0.314 e. The molecule has 1 aromatic carbocycles. The number of benzene rings is 1. The molecule has 0 bridgehead atoms. The first-order valence-electron chi connectivity index (χ1n) is 6.53. The summed E-state index contributed by atoms with van der Waals surface area (Å²) in [5.74, 6) is -3.07. The summed E-state index contributed by atoms with van der Waals surface area (Å²) in [5.41, 5.74) is 0.336. The zero-order valence-corrected chi connectivity index (χ0v) is 10.1. The van der Waals surface area contributed by atoms with Crippen LogP contribution in [0.3, 0.4) is 0 Å². The van der Waals surface area contributed by atoms with Gasteiger partial charge < -0.3 is 5.32 Å². The van der Waals surface area contributed by atoms with Crippen LogP contribution in [0.1, 0.15) is 37.2 Å². The van der Waals surface area contributed by atoms with Gasteiger partial charge in [-0.1, -0.05) is 6.07 Å². The zero-order chi connectivity index (χ0) is 12.7. The maximum atomic E-state index is 13.7. The molecule has 2 unspecified atom stereocenters. The number of hydrogen-bond acceptors (Lipinski definition) is 1. The van der Waals surface area contributed by atoms with Gasteiger partial charge in [0.2, 0.25) is 0 Å². The summed E-state index contributed by atoms with van der Waals surface area (Å²) in [6.45, 7) is 0.855. The third-order valence-corrected chi connectivity index (χ3v) is 4.13. The predicted octanol–water partition coefficient (Wildman–Crippen LogP) is 3.35. The third-order valence-electron chi connectivity index (χ3n) is 4.13. The second-order valence-electron chi connectivity index (χ2n) is 5.39. The van der Waals surface area contributed by atoms with E-state index in [9.17, 15) is 13.2 Å². The van der Waals surface area contributed by atoms with E-state index >= 15 is 0 Å². The quantitative estimate of drug-likeness (QED) is 0.814. The molecular weight excluding hydrogens is 239 g/mol. The summed E-state index contributed by atoms with van der Waals surface area (Å²) in [6, 6.07) is 3.04. The lowest BCUT2D eigenvalue weighted by Crippen LogP contribution is -2.35. The van der Waals surface area contributed by atoms with Crippen molar-refractivity contribution in [2.45, 2.75) is 37.6 Å². The van der Waals surface area contributed by atoms with E-state index < -0.39 is 17.5 Å². The van der Waals surface area contributed by atoms with Crippen molar-refractivity contribution in [2.75, 3.05) is 6.54 Å². The van der Waals surface area contributed by atoms with E-state index in [0.717, 1.165) is 25.5 Å². The number of rotatable bonds is 4. The topological polar surface area (TPSA) is 12.0 Å². The van der Waals surface area contributed by atoms with Crippen LogP contribution in [0.15, 0.2) is 12.1 Å². The van der Waals surface area contributed by atoms with Crippen molar-refractivity contribution in [3.05, 3.63) is 35.1 Å². The van der Waals surface area contributed by atoms with Crippen LogP contribution in [0.5, 0.6) is 0 Å². The molecule has 0 saturated heterocycles. The SMILES string of the molecule is Fc1ccc(C2CCC2CNC2CC2)c(F)c1F. The number of halogens is 3. The molecule has 1 nitrogen and oxygen atoms in total. The van der Waals surface area contributed by atoms with Crippen LogP contribution in [0, 0.1) is 23.4 Å².